The Labute approximate surface area is 152 Å². The van der Waals surface area contributed by atoms with E-state index in [0.29, 0.717) is 34.8 Å². The summed E-state index contributed by atoms with van der Waals surface area (Å²) < 4.78 is 10.9. The minimum absolute atomic E-state index is 0.0335. The van der Waals surface area contributed by atoms with Gasteiger partial charge in [0.25, 0.3) is 0 Å². The van der Waals surface area contributed by atoms with Crippen LogP contribution in [0.3, 0.4) is 0 Å². The molecule has 26 heavy (non-hydrogen) atoms. The van der Waals surface area contributed by atoms with Crippen molar-refractivity contribution in [1.29, 1.82) is 0 Å². The summed E-state index contributed by atoms with van der Waals surface area (Å²) in [4.78, 5) is 6.61. The summed E-state index contributed by atoms with van der Waals surface area (Å²) in [6.45, 7) is 5.40. The number of ether oxygens (including phenoxy) is 2. The number of rotatable bonds is 4. The second-order valence-corrected chi connectivity index (χ2v) is 6.61. The number of benzene rings is 1. The third-order valence-corrected chi connectivity index (χ3v) is 4.83. The van der Waals surface area contributed by atoms with Gasteiger partial charge in [-0.15, -0.1) is 0 Å². The molecule has 0 bridgehead atoms. The molecule has 1 aromatic carbocycles. The largest absolute Gasteiger partial charge is 0.752 e. The molecule has 3 aliphatic rings. The second-order valence-electron chi connectivity index (χ2n) is 6.61. The molecular formula is C17H23N5O4-2. The van der Waals surface area contributed by atoms with E-state index >= 15 is 0 Å². The Kier molecular flexibility index (Phi) is 5.11. The topological polar surface area (TPSA) is 98.7 Å². The van der Waals surface area contributed by atoms with Crippen molar-refractivity contribution < 1.29 is 9.47 Å². The molecule has 0 radical (unpaired) electrons. The number of hydroxylamine groups is 1. The number of anilines is 2. The molecule has 9 heteroatoms. The zero-order valence-electron chi connectivity index (χ0n) is 14.6. The molecule has 0 amide bonds. The molecule has 1 aromatic rings. The summed E-state index contributed by atoms with van der Waals surface area (Å²) in [5, 5.41) is 26.2. The van der Waals surface area contributed by atoms with E-state index in [1.54, 1.807) is 12.1 Å². The molecule has 3 aliphatic heterocycles. The zero-order valence-corrected chi connectivity index (χ0v) is 14.6. The van der Waals surface area contributed by atoms with Crippen molar-refractivity contribution in [2.45, 2.75) is 19.3 Å². The predicted octanol–water partition coefficient (Wildman–Crippen LogP) is 1.22. The maximum absolute atomic E-state index is 12.6. The van der Waals surface area contributed by atoms with Crippen LogP contribution in [0.1, 0.15) is 18.4 Å². The van der Waals surface area contributed by atoms with Gasteiger partial charge in [0.1, 0.15) is 5.75 Å². The van der Waals surface area contributed by atoms with Crippen molar-refractivity contribution in [3.8, 4) is 5.75 Å². The molecule has 0 atom stereocenters. The first-order chi connectivity index (χ1) is 12.7. The maximum atomic E-state index is 12.6. The van der Waals surface area contributed by atoms with Crippen LogP contribution in [0.15, 0.2) is 17.1 Å². The van der Waals surface area contributed by atoms with Gasteiger partial charge in [-0.2, -0.15) is 0 Å². The third kappa shape index (κ3) is 3.56. The van der Waals surface area contributed by atoms with Gasteiger partial charge in [0.05, 0.1) is 31.2 Å². The Morgan fingerprint density at radius 1 is 1.12 bits per heavy atom. The highest BCUT2D eigenvalue weighted by atomic mass is 16.6. The summed E-state index contributed by atoms with van der Waals surface area (Å²) in [5.74, 6) is 0.711. The fraction of sp³-hybridized carbons (Fsp3) is 0.588. The smallest absolute Gasteiger partial charge is 0.206 e. The highest BCUT2D eigenvalue weighted by Crippen LogP contribution is 2.39. The minimum atomic E-state index is 0.0335. The lowest BCUT2D eigenvalue weighted by Gasteiger charge is -2.47. The highest BCUT2D eigenvalue weighted by Gasteiger charge is 2.22. The first-order valence-corrected chi connectivity index (χ1v) is 9.08. The quantitative estimate of drug-likeness (QED) is 0.799. The van der Waals surface area contributed by atoms with Crippen LogP contribution in [-0.2, 0) is 11.2 Å². The Morgan fingerprint density at radius 3 is 2.81 bits per heavy atom. The van der Waals surface area contributed by atoms with Gasteiger partial charge in [0.2, 0.25) is 5.96 Å². The average molecular weight is 361 g/mol. The van der Waals surface area contributed by atoms with Crippen LogP contribution < -0.4 is 20.4 Å². The number of hydrazine groups is 1. The second kappa shape index (κ2) is 7.67. The molecule has 9 nitrogen and oxygen atoms in total. The van der Waals surface area contributed by atoms with Crippen LogP contribution in [-0.4, -0.2) is 56.9 Å². The van der Waals surface area contributed by atoms with Gasteiger partial charge < -0.3 is 30.1 Å². The summed E-state index contributed by atoms with van der Waals surface area (Å²) in [6.07, 6.45) is 2.57. The van der Waals surface area contributed by atoms with E-state index in [2.05, 4.69) is 15.3 Å². The summed E-state index contributed by atoms with van der Waals surface area (Å²) in [6, 6.07) is 3.37. The molecule has 0 spiro atoms. The average Bonchev–Trinajstić information content (AvgIpc) is 2.68. The normalized spacial score (nSPS) is 21.8. The van der Waals surface area contributed by atoms with Crippen molar-refractivity contribution in [3.63, 3.8) is 0 Å². The molecule has 3 heterocycles. The van der Waals surface area contributed by atoms with Crippen LogP contribution in [0, 0.1) is 10.4 Å². The van der Waals surface area contributed by atoms with Gasteiger partial charge in [-0.25, -0.2) is 0 Å². The molecule has 0 unspecified atom stereocenters. The molecular weight excluding hydrogens is 338 g/mol. The first-order valence-electron chi connectivity index (χ1n) is 9.08. The Hall–Kier alpha value is -2.07. The van der Waals surface area contributed by atoms with Crippen molar-refractivity contribution in [1.82, 2.24) is 10.3 Å². The number of guanidine groups is 1. The number of fused-ring (bicyclic) bond motifs is 2. The van der Waals surface area contributed by atoms with Crippen LogP contribution in [0.25, 0.3) is 0 Å². The Bertz CT molecular complexity index is 677. The first kappa shape index (κ1) is 17.3. The van der Waals surface area contributed by atoms with Crippen molar-refractivity contribution in [2.75, 3.05) is 56.2 Å². The minimum Gasteiger partial charge on any atom is -0.752 e. The van der Waals surface area contributed by atoms with Gasteiger partial charge in [0.15, 0.2) is 0 Å². The van der Waals surface area contributed by atoms with Gasteiger partial charge >= 0.3 is 0 Å². The number of hydrogen-bond acceptors (Lipinski definition) is 7. The lowest BCUT2D eigenvalue weighted by Crippen LogP contribution is -2.50. The molecule has 142 valence electrons. The number of aryl methyl sites for hydroxylation is 1. The summed E-state index contributed by atoms with van der Waals surface area (Å²) >= 11 is 0. The van der Waals surface area contributed by atoms with E-state index in [-0.39, 0.29) is 11.6 Å². The van der Waals surface area contributed by atoms with Crippen LogP contribution in [0.2, 0.25) is 0 Å². The van der Waals surface area contributed by atoms with Crippen LogP contribution in [0.5, 0.6) is 5.75 Å². The Morgan fingerprint density at radius 2 is 1.96 bits per heavy atom. The molecule has 0 saturated carbocycles. The lowest BCUT2D eigenvalue weighted by molar-refractivity contribution is 0.0377. The van der Waals surface area contributed by atoms with E-state index < -0.39 is 0 Å². The van der Waals surface area contributed by atoms with Gasteiger partial charge in [-0.05, 0) is 30.9 Å². The SMILES string of the molecule is [O-]N1NC(=NCCCN2CCOCC2)N([O-])c2cc3c(cc21)OCCC3. The van der Waals surface area contributed by atoms with Gasteiger partial charge in [0, 0.05) is 32.2 Å². The van der Waals surface area contributed by atoms with E-state index in [1.165, 1.54) is 0 Å². The van der Waals surface area contributed by atoms with E-state index in [4.69, 9.17) is 9.47 Å². The van der Waals surface area contributed by atoms with Crippen LogP contribution in [0.4, 0.5) is 11.4 Å². The predicted molar refractivity (Wildman–Crippen MR) is 99.3 cm³/mol. The lowest BCUT2D eigenvalue weighted by atomic mass is 10.0. The van der Waals surface area contributed by atoms with Crippen molar-refractivity contribution in [2.24, 2.45) is 4.99 Å². The fourth-order valence-corrected chi connectivity index (χ4v) is 3.41. The molecule has 1 saturated heterocycles. The standard InChI is InChI=1S/C17H23N5O4/c23-21-14-11-13-3-1-8-26-16(13)12-15(14)22(24)19-17(21)18-4-2-5-20-6-9-25-10-7-20/h11-12H,1-10H2,(H,18,19)/q-2. The van der Waals surface area contributed by atoms with E-state index in [1.807, 2.05) is 0 Å². The number of aliphatic imine (C=N–C) groups is 1. The molecule has 0 aromatic heterocycles. The number of morpholine rings is 1. The third-order valence-electron chi connectivity index (χ3n) is 4.83. The molecule has 1 fully saturated rings. The summed E-state index contributed by atoms with van der Waals surface area (Å²) in [7, 11) is 0. The molecule has 0 aliphatic carbocycles. The summed E-state index contributed by atoms with van der Waals surface area (Å²) in [5.41, 5.74) is 4.05. The van der Waals surface area contributed by atoms with Crippen molar-refractivity contribution in [3.05, 3.63) is 28.1 Å². The van der Waals surface area contributed by atoms with E-state index in [9.17, 15) is 10.4 Å². The highest BCUT2D eigenvalue weighted by molar-refractivity contribution is 6.04. The number of nitrogens with zero attached hydrogens (tertiary/aromatic N) is 4. The zero-order chi connectivity index (χ0) is 17.9. The van der Waals surface area contributed by atoms with Gasteiger partial charge in [-0.3, -0.25) is 15.3 Å². The Balaban J connectivity index is 1.42. The monoisotopic (exact) mass is 361 g/mol. The maximum Gasteiger partial charge on any atom is 0.206 e. The fourth-order valence-electron chi connectivity index (χ4n) is 3.41. The molecule has 4 rings (SSSR count). The number of nitrogens with one attached hydrogen (secondary N) is 1. The van der Waals surface area contributed by atoms with Gasteiger partial charge in [-0.1, -0.05) is 0 Å². The molecule has 1 N–H and O–H groups in total. The van der Waals surface area contributed by atoms with E-state index in [0.717, 1.165) is 57.7 Å². The van der Waals surface area contributed by atoms with Crippen LogP contribution >= 0.6 is 0 Å². The number of hydrogen-bond donors (Lipinski definition) is 1. The van der Waals surface area contributed by atoms with Crippen molar-refractivity contribution >= 4 is 17.3 Å².